The number of ether oxygens (including phenoxy) is 1. The molecule has 2 rings (SSSR count). The van der Waals surface area contributed by atoms with E-state index in [4.69, 9.17) is 4.74 Å². The van der Waals surface area contributed by atoms with Crippen LogP contribution in [0.25, 0.3) is 0 Å². The van der Waals surface area contributed by atoms with Crippen molar-refractivity contribution in [3.8, 4) is 0 Å². The summed E-state index contributed by atoms with van der Waals surface area (Å²) in [6.45, 7) is 8.63. The fourth-order valence-electron chi connectivity index (χ4n) is 2.00. The van der Waals surface area contributed by atoms with Crippen LogP contribution in [0.5, 0.6) is 0 Å². The first-order valence-corrected chi connectivity index (χ1v) is 11.2. The Morgan fingerprint density at radius 3 is 2.44 bits per heavy atom. The monoisotopic (exact) mass is 425 g/mol. The summed E-state index contributed by atoms with van der Waals surface area (Å²) in [6, 6.07) is 8.26. The Labute approximate surface area is 171 Å². The van der Waals surface area contributed by atoms with E-state index in [2.05, 4.69) is 48.4 Å². The molecule has 0 aliphatic heterocycles. The van der Waals surface area contributed by atoms with E-state index in [0.717, 1.165) is 4.90 Å². The lowest BCUT2D eigenvalue weighted by Gasteiger charge is -2.19. The number of anilines is 1. The molecule has 0 saturated carbocycles. The van der Waals surface area contributed by atoms with Gasteiger partial charge >= 0.3 is 5.97 Å². The third kappa shape index (κ3) is 7.51. The number of nitrogens with zero attached hydrogens (tertiary/aromatic N) is 2. The van der Waals surface area contributed by atoms with E-state index in [0.29, 0.717) is 21.8 Å². The molecule has 1 amide bonds. The zero-order chi connectivity index (χ0) is 19.9. The molecule has 0 aliphatic rings. The summed E-state index contributed by atoms with van der Waals surface area (Å²) >= 11 is 3.95. The molecule has 1 N–H and O–H groups in total. The average molecular weight is 426 g/mol. The first-order valence-electron chi connectivity index (χ1n) is 8.43. The molecule has 0 bridgehead atoms. The molecule has 0 fully saturated rings. The van der Waals surface area contributed by atoms with E-state index in [1.807, 2.05) is 12.1 Å². The molecule has 1 heterocycles. The Morgan fingerprint density at radius 1 is 1.11 bits per heavy atom. The lowest BCUT2D eigenvalue weighted by atomic mass is 9.87. The van der Waals surface area contributed by atoms with E-state index < -0.39 is 0 Å². The van der Waals surface area contributed by atoms with Gasteiger partial charge in [0.15, 0.2) is 4.34 Å². The number of esters is 1. The minimum atomic E-state index is -0.294. The number of carbonyl (C=O) groups excluding carboxylic acids is 2. The van der Waals surface area contributed by atoms with Crippen molar-refractivity contribution in [2.24, 2.45) is 0 Å². The molecule has 0 aliphatic carbocycles. The van der Waals surface area contributed by atoms with Crippen molar-refractivity contribution < 1.29 is 14.3 Å². The van der Waals surface area contributed by atoms with Crippen molar-refractivity contribution in [2.45, 2.75) is 42.3 Å². The molecule has 146 valence electrons. The first-order chi connectivity index (χ1) is 12.8. The maximum atomic E-state index is 12.1. The molecular formula is C18H23N3O3S3. The molecule has 1 aromatic carbocycles. The van der Waals surface area contributed by atoms with Gasteiger partial charge in [-0.1, -0.05) is 56.0 Å². The summed E-state index contributed by atoms with van der Waals surface area (Å²) in [5.41, 5.74) is 1.37. The number of carbonyl (C=O) groups is 2. The van der Waals surface area contributed by atoms with Crippen molar-refractivity contribution in [3.63, 3.8) is 0 Å². The van der Waals surface area contributed by atoms with E-state index in [-0.39, 0.29) is 23.0 Å². The van der Waals surface area contributed by atoms with Crippen LogP contribution in [0.1, 0.15) is 33.3 Å². The maximum Gasteiger partial charge on any atom is 0.316 e. The van der Waals surface area contributed by atoms with E-state index in [1.54, 1.807) is 6.92 Å². The maximum absolute atomic E-state index is 12.1. The van der Waals surface area contributed by atoms with Crippen LogP contribution >= 0.6 is 34.9 Å². The second-order valence-corrected chi connectivity index (χ2v) is 9.83. The van der Waals surface area contributed by atoms with Crippen LogP contribution in [-0.2, 0) is 19.7 Å². The number of aromatic nitrogens is 2. The normalized spacial score (nSPS) is 11.3. The van der Waals surface area contributed by atoms with Crippen LogP contribution in [0.3, 0.4) is 0 Å². The largest absolute Gasteiger partial charge is 0.465 e. The van der Waals surface area contributed by atoms with Gasteiger partial charge in [0.2, 0.25) is 11.0 Å². The van der Waals surface area contributed by atoms with Gasteiger partial charge in [0.25, 0.3) is 0 Å². The van der Waals surface area contributed by atoms with Crippen LogP contribution in [0, 0.1) is 0 Å². The van der Waals surface area contributed by atoms with E-state index in [1.165, 1.54) is 40.4 Å². The lowest BCUT2D eigenvalue weighted by Crippen LogP contribution is -2.14. The number of thioether (sulfide) groups is 2. The van der Waals surface area contributed by atoms with Crippen LogP contribution in [0.4, 0.5) is 5.13 Å². The van der Waals surface area contributed by atoms with Crippen LogP contribution in [0.15, 0.2) is 33.5 Å². The third-order valence-electron chi connectivity index (χ3n) is 3.36. The minimum Gasteiger partial charge on any atom is -0.465 e. The third-order valence-corrected chi connectivity index (χ3v) is 6.32. The minimum absolute atomic E-state index is 0.113. The predicted octanol–water partition coefficient (Wildman–Crippen LogP) is 4.22. The topological polar surface area (TPSA) is 81.2 Å². The summed E-state index contributed by atoms with van der Waals surface area (Å²) in [6.07, 6.45) is 0. The van der Waals surface area contributed by atoms with Crippen molar-refractivity contribution in [2.75, 3.05) is 23.4 Å². The quantitative estimate of drug-likeness (QED) is 0.385. The molecule has 0 atom stereocenters. The van der Waals surface area contributed by atoms with Crippen molar-refractivity contribution >= 4 is 51.9 Å². The number of benzene rings is 1. The molecule has 27 heavy (non-hydrogen) atoms. The number of hydrogen-bond donors (Lipinski definition) is 1. The fourth-order valence-corrected chi connectivity index (χ4v) is 4.26. The van der Waals surface area contributed by atoms with Crippen LogP contribution in [-0.4, -0.2) is 40.2 Å². The summed E-state index contributed by atoms with van der Waals surface area (Å²) < 4.78 is 5.47. The first kappa shape index (κ1) is 21.7. The van der Waals surface area contributed by atoms with E-state index in [9.17, 15) is 9.59 Å². The summed E-state index contributed by atoms with van der Waals surface area (Å²) in [5.74, 6) is 0.0338. The average Bonchev–Trinajstić information content (AvgIpc) is 3.05. The highest BCUT2D eigenvalue weighted by molar-refractivity contribution is 8.01. The molecule has 6 nitrogen and oxygen atoms in total. The molecule has 0 saturated heterocycles. The van der Waals surface area contributed by atoms with Crippen molar-refractivity contribution in [1.82, 2.24) is 10.2 Å². The Balaban J connectivity index is 1.78. The van der Waals surface area contributed by atoms with Crippen molar-refractivity contribution in [3.05, 3.63) is 29.8 Å². The van der Waals surface area contributed by atoms with Gasteiger partial charge in [-0.2, -0.15) is 0 Å². The van der Waals surface area contributed by atoms with Gasteiger partial charge in [-0.05, 0) is 30.0 Å². The Morgan fingerprint density at radius 2 is 1.81 bits per heavy atom. The number of rotatable bonds is 8. The van der Waals surface area contributed by atoms with Crippen molar-refractivity contribution in [1.29, 1.82) is 0 Å². The van der Waals surface area contributed by atoms with Gasteiger partial charge < -0.3 is 4.74 Å². The molecule has 1 aromatic heterocycles. The summed E-state index contributed by atoms with van der Waals surface area (Å²) in [7, 11) is 0. The zero-order valence-corrected chi connectivity index (χ0v) is 18.2. The second-order valence-electron chi connectivity index (χ2n) is 6.58. The Hall–Kier alpha value is -1.58. The van der Waals surface area contributed by atoms with Gasteiger partial charge in [-0.3, -0.25) is 14.9 Å². The van der Waals surface area contributed by atoms with Gasteiger partial charge in [-0.15, -0.1) is 22.0 Å². The smallest absolute Gasteiger partial charge is 0.316 e. The molecule has 2 aromatic rings. The van der Waals surface area contributed by atoms with E-state index >= 15 is 0 Å². The standard InChI is InChI=1S/C18H23N3O3S3/c1-5-24-15(23)11-26-17-21-20-16(27-17)19-14(22)10-25-13-8-6-12(7-9-13)18(2,3)4/h6-9H,5,10-11H2,1-4H3,(H,19,20,22). The summed E-state index contributed by atoms with van der Waals surface area (Å²) in [4.78, 5) is 24.5. The van der Waals surface area contributed by atoms with Gasteiger partial charge in [0, 0.05) is 4.90 Å². The predicted molar refractivity (Wildman–Crippen MR) is 112 cm³/mol. The SMILES string of the molecule is CCOC(=O)CSc1nnc(NC(=O)CSc2ccc(C(C)(C)C)cc2)s1. The fraction of sp³-hybridized carbons (Fsp3) is 0.444. The zero-order valence-electron chi connectivity index (χ0n) is 15.8. The van der Waals surface area contributed by atoms with Gasteiger partial charge in [0.05, 0.1) is 18.1 Å². The Kier molecular flexibility index (Phi) is 8.12. The Bertz CT molecular complexity index is 770. The number of amides is 1. The molecule has 0 spiro atoms. The molecule has 0 radical (unpaired) electrons. The number of hydrogen-bond acceptors (Lipinski definition) is 8. The molecule has 9 heteroatoms. The highest BCUT2D eigenvalue weighted by Gasteiger charge is 2.14. The van der Waals surface area contributed by atoms with Crippen LogP contribution in [0.2, 0.25) is 0 Å². The molecule has 0 unspecified atom stereocenters. The number of nitrogens with one attached hydrogen (secondary N) is 1. The second kappa shape index (κ2) is 10.1. The van der Waals surface area contributed by atoms with Gasteiger partial charge in [0.1, 0.15) is 0 Å². The molecular weight excluding hydrogens is 402 g/mol. The van der Waals surface area contributed by atoms with Crippen LogP contribution < -0.4 is 5.32 Å². The highest BCUT2D eigenvalue weighted by atomic mass is 32.2. The highest BCUT2D eigenvalue weighted by Crippen LogP contribution is 2.27. The van der Waals surface area contributed by atoms with Gasteiger partial charge in [-0.25, -0.2) is 0 Å². The summed E-state index contributed by atoms with van der Waals surface area (Å²) in [5, 5.41) is 11.0. The lowest BCUT2D eigenvalue weighted by molar-refractivity contribution is -0.139.